The van der Waals surface area contributed by atoms with Crippen molar-refractivity contribution in [1.29, 1.82) is 0 Å². The van der Waals surface area contributed by atoms with Gasteiger partial charge in [0.1, 0.15) is 6.61 Å². The summed E-state index contributed by atoms with van der Waals surface area (Å²) in [7, 11) is 0. The van der Waals surface area contributed by atoms with Gasteiger partial charge in [-0.1, -0.05) is 12.1 Å². The highest BCUT2D eigenvalue weighted by atomic mass is 35.5. The molecule has 1 aromatic carbocycles. The molecule has 1 unspecified atom stereocenters. The van der Waals surface area contributed by atoms with Crippen molar-refractivity contribution >= 4 is 24.2 Å². The molecule has 0 spiro atoms. The van der Waals surface area contributed by atoms with Crippen molar-refractivity contribution in [2.24, 2.45) is 0 Å². The average molecular weight is 425 g/mol. The molecule has 1 aromatic rings. The van der Waals surface area contributed by atoms with E-state index in [4.69, 9.17) is 9.47 Å². The molecule has 1 N–H and O–H groups in total. The van der Waals surface area contributed by atoms with Crippen LogP contribution in [0, 0.1) is 0 Å². The minimum Gasteiger partial charge on any atom is -0.485 e. The van der Waals surface area contributed by atoms with E-state index >= 15 is 0 Å². The van der Waals surface area contributed by atoms with Crippen LogP contribution in [0.5, 0.6) is 11.5 Å². The van der Waals surface area contributed by atoms with Crippen molar-refractivity contribution in [3.8, 4) is 11.5 Å². The summed E-state index contributed by atoms with van der Waals surface area (Å²) in [6, 6.07) is 7.75. The SMILES string of the molecule is C[C@H]1CNCCN1CC(=O)N1CCN(C(=O)C2COc3ccccc3O2)CC1.Cl. The molecular formula is C20H29ClN4O4. The van der Waals surface area contributed by atoms with Crippen molar-refractivity contribution in [3.05, 3.63) is 24.3 Å². The van der Waals surface area contributed by atoms with Crippen LogP contribution in [-0.2, 0) is 9.59 Å². The fourth-order valence-corrected chi connectivity index (χ4v) is 3.91. The van der Waals surface area contributed by atoms with E-state index in [0.717, 1.165) is 19.6 Å². The van der Waals surface area contributed by atoms with Gasteiger partial charge in [0.2, 0.25) is 12.0 Å². The molecule has 0 aromatic heterocycles. The van der Waals surface area contributed by atoms with Gasteiger partial charge in [-0.25, -0.2) is 0 Å². The Morgan fingerprint density at radius 3 is 2.48 bits per heavy atom. The summed E-state index contributed by atoms with van der Waals surface area (Å²) in [5.74, 6) is 1.35. The number of halogens is 1. The van der Waals surface area contributed by atoms with Gasteiger partial charge in [-0.05, 0) is 19.1 Å². The number of fused-ring (bicyclic) bond motifs is 1. The molecule has 0 radical (unpaired) electrons. The van der Waals surface area contributed by atoms with E-state index in [1.54, 1.807) is 4.90 Å². The van der Waals surface area contributed by atoms with Gasteiger partial charge < -0.3 is 24.6 Å². The Morgan fingerprint density at radius 1 is 1.07 bits per heavy atom. The van der Waals surface area contributed by atoms with E-state index in [2.05, 4.69) is 17.1 Å². The Hall–Kier alpha value is -2.03. The summed E-state index contributed by atoms with van der Waals surface area (Å²) in [5, 5.41) is 3.34. The number of rotatable bonds is 3. The van der Waals surface area contributed by atoms with E-state index in [1.165, 1.54) is 0 Å². The second kappa shape index (κ2) is 9.65. The molecule has 3 heterocycles. The van der Waals surface area contributed by atoms with E-state index in [9.17, 15) is 9.59 Å². The lowest BCUT2D eigenvalue weighted by Crippen LogP contribution is -2.57. The number of nitrogens with one attached hydrogen (secondary N) is 1. The predicted octanol–water partition coefficient (Wildman–Crippen LogP) is 0.213. The number of hydrogen-bond donors (Lipinski definition) is 1. The number of carbonyl (C=O) groups excluding carboxylic acids is 2. The number of piperazine rings is 2. The number of para-hydroxylation sites is 2. The Balaban J connectivity index is 0.00000240. The molecule has 3 aliphatic rings. The molecular weight excluding hydrogens is 396 g/mol. The third-order valence-electron chi connectivity index (χ3n) is 5.71. The summed E-state index contributed by atoms with van der Waals surface area (Å²) in [6.45, 7) is 7.74. The van der Waals surface area contributed by atoms with Crippen LogP contribution < -0.4 is 14.8 Å². The first-order valence-electron chi connectivity index (χ1n) is 10.0. The maximum absolute atomic E-state index is 12.8. The predicted molar refractivity (Wildman–Crippen MR) is 111 cm³/mol. The summed E-state index contributed by atoms with van der Waals surface area (Å²) in [5.41, 5.74) is 0. The van der Waals surface area contributed by atoms with Crippen LogP contribution in [-0.4, -0.2) is 97.6 Å². The zero-order chi connectivity index (χ0) is 19.5. The molecule has 2 atom stereocenters. The van der Waals surface area contributed by atoms with Crippen LogP contribution in [0.3, 0.4) is 0 Å². The van der Waals surface area contributed by atoms with E-state index in [0.29, 0.717) is 50.3 Å². The number of carbonyl (C=O) groups is 2. The Morgan fingerprint density at radius 2 is 1.76 bits per heavy atom. The average Bonchev–Trinajstić information content (AvgIpc) is 2.74. The van der Waals surface area contributed by atoms with E-state index in [1.807, 2.05) is 29.2 Å². The molecule has 0 bridgehead atoms. The van der Waals surface area contributed by atoms with E-state index in [-0.39, 0.29) is 30.8 Å². The van der Waals surface area contributed by atoms with Gasteiger partial charge in [0.25, 0.3) is 5.91 Å². The highest BCUT2D eigenvalue weighted by Crippen LogP contribution is 2.31. The Labute approximate surface area is 177 Å². The van der Waals surface area contributed by atoms with Crippen LogP contribution in [0.1, 0.15) is 6.92 Å². The topological polar surface area (TPSA) is 74.4 Å². The van der Waals surface area contributed by atoms with Gasteiger partial charge in [0.05, 0.1) is 6.54 Å². The lowest BCUT2D eigenvalue weighted by Gasteiger charge is -2.39. The molecule has 0 saturated carbocycles. The van der Waals surface area contributed by atoms with Gasteiger partial charge in [-0.2, -0.15) is 0 Å². The largest absolute Gasteiger partial charge is 0.485 e. The van der Waals surface area contributed by atoms with Crippen molar-refractivity contribution in [2.75, 3.05) is 59.0 Å². The Kier molecular flexibility index (Phi) is 7.21. The molecule has 0 aliphatic carbocycles. The molecule has 2 amide bonds. The minimum absolute atomic E-state index is 0. The fourth-order valence-electron chi connectivity index (χ4n) is 3.91. The second-order valence-corrected chi connectivity index (χ2v) is 7.59. The molecule has 9 heteroatoms. The third-order valence-corrected chi connectivity index (χ3v) is 5.71. The number of nitrogens with zero attached hydrogens (tertiary/aromatic N) is 3. The van der Waals surface area contributed by atoms with Crippen LogP contribution in [0.15, 0.2) is 24.3 Å². The fraction of sp³-hybridized carbons (Fsp3) is 0.600. The normalized spacial score (nSPS) is 24.6. The molecule has 2 fully saturated rings. The first-order valence-corrected chi connectivity index (χ1v) is 10.0. The maximum atomic E-state index is 12.8. The maximum Gasteiger partial charge on any atom is 0.267 e. The molecule has 4 rings (SSSR count). The monoisotopic (exact) mass is 424 g/mol. The smallest absolute Gasteiger partial charge is 0.267 e. The van der Waals surface area contributed by atoms with Crippen LogP contribution in [0.25, 0.3) is 0 Å². The Bertz CT molecular complexity index is 726. The van der Waals surface area contributed by atoms with Gasteiger partial charge in [-0.15, -0.1) is 12.4 Å². The van der Waals surface area contributed by atoms with Gasteiger partial charge in [0, 0.05) is 51.9 Å². The van der Waals surface area contributed by atoms with Gasteiger partial charge in [0.15, 0.2) is 11.5 Å². The van der Waals surface area contributed by atoms with Crippen LogP contribution in [0.4, 0.5) is 0 Å². The van der Waals surface area contributed by atoms with Crippen molar-refractivity contribution < 1.29 is 19.1 Å². The second-order valence-electron chi connectivity index (χ2n) is 7.59. The summed E-state index contributed by atoms with van der Waals surface area (Å²) in [6.07, 6.45) is -0.626. The first-order chi connectivity index (χ1) is 13.6. The number of hydrogen-bond acceptors (Lipinski definition) is 6. The lowest BCUT2D eigenvalue weighted by molar-refractivity contribution is -0.146. The van der Waals surface area contributed by atoms with Crippen LogP contribution >= 0.6 is 12.4 Å². The molecule has 29 heavy (non-hydrogen) atoms. The number of ether oxygens (including phenoxy) is 2. The lowest BCUT2D eigenvalue weighted by atomic mass is 10.2. The number of amides is 2. The molecule has 160 valence electrons. The van der Waals surface area contributed by atoms with Crippen molar-refractivity contribution in [3.63, 3.8) is 0 Å². The van der Waals surface area contributed by atoms with Gasteiger partial charge in [-0.3, -0.25) is 14.5 Å². The highest BCUT2D eigenvalue weighted by molar-refractivity contribution is 5.85. The standard InChI is InChI=1S/C20H28N4O4.ClH/c1-15-12-21-6-7-24(15)13-19(25)22-8-10-23(11-9-22)20(26)18-14-27-16-4-2-3-5-17(16)28-18;/h2-5,15,18,21H,6-14H2,1H3;1H/t15-,18?;/m0./s1. The first kappa shape index (κ1) is 21.7. The van der Waals surface area contributed by atoms with Crippen molar-refractivity contribution in [2.45, 2.75) is 19.1 Å². The zero-order valence-corrected chi connectivity index (χ0v) is 17.5. The molecule has 3 aliphatic heterocycles. The zero-order valence-electron chi connectivity index (χ0n) is 16.7. The minimum atomic E-state index is -0.626. The summed E-state index contributed by atoms with van der Waals surface area (Å²) < 4.78 is 11.5. The highest BCUT2D eigenvalue weighted by Gasteiger charge is 2.33. The molecule has 2 saturated heterocycles. The summed E-state index contributed by atoms with van der Waals surface area (Å²) in [4.78, 5) is 31.3. The van der Waals surface area contributed by atoms with E-state index < -0.39 is 6.10 Å². The van der Waals surface area contributed by atoms with Gasteiger partial charge >= 0.3 is 0 Å². The van der Waals surface area contributed by atoms with Crippen molar-refractivity contribution in [1.82, 2.24) is 20.0 Å². The summed E-state index contributed by atoms with van der Waals surface area (Å²) >= 11 is 0. The quantitative estimate of drug-likeness (QED) is 0.748. The molecule has 8 nitrogen and oxygen atoms in total. The number of benzene rings is 1. The van der Waals surface area contributed by atoms with Crippen LogP contribution in [0.2, 0.25) is 0 Å². The third kappa shape index (κ3) is 4.94.